The second-order valence-corrected chi connectivity index (χ2v) is 4.79. The van der Waals surface area contributed by atoms with Crippen molar-refractivity contribution in [3.8, 4) is 0 Å². The molecular weight excluding hydrogens is 168 g/mol. The van der Waals surface area contributed by atoms with Gasteiger partial charge < -0.3 is 0 Å². The highest BCUT2D eigenvalue weighted by molar-refractivity contribution is 7.14. The van der Waals surface area contributed by atoms with Crippen LogP contribution in [0.25, 0.3) is 0 Å². The largest absolute Gasteiger partial charge is 0.293 e. The lowest BCUT2D eigenvalue weighted by Crippen LogP contribution is -2.02. The molecule has 1 unspecified atom stereocenters. The van der Waals surface area contributed by atoms with Gasteiger partial charge in [-0.05, 0) is 31.4 Å². The van der Waals surface area contributed by atoms with Crippen LogP contribution in [0.5, 0.6) is 0 Å². The van der Waals surface area contributed by atoms with Crippen LogP contribution in [0.1, 0.15) is 32.6 Å². The Morgan fingerprint density at radius 2 is 2.08 bits per heavy atom. The third kappa shape index (κ3) is 0.876. The SMILES string of the molecule is Cc1sc2c(c1C)CC(C)C2=O. The van der Waals surface area contributed by atoms with Gasteiger partial charge in [-0.1, -0.05) is 6.92 Å². The van der Waals surface area contributed by atoms with Gasteiger partial charge in [-0.25, -0.2) is 0 Å². The zero-order valence-corrected chi connectivity index (χ0v) is 8.42. The van der Waals surface area contributed by atoms with E-state index in [0.29, 0.717) is 5.78 Å². The summed E-state index contributed by atoms with van der Waals surface area (Å²) in [4.78, 5) is 13.9. The van der Waals surface area contributed by atoms with Crippen LogP contribution in [0.3, 0.4) is 0 Å². The highest BCUT2D eigenvalue weighted by Crippen LogP contribution is 2.36. The van der Waals surface area contributed by atoms with Crippen molar-refractivity contribution in [3.05, 3.63) is 20.9 Å². The average Bonchev–Trinajstić information content (AvgIpc) is 2.43. The number of Topliss-reactive ketones (excluding diaryl/α,β-unsaturated/α-hetero) is 1. The fourth-order valence-electron chi connectivity index (χ4n) is 1.74. The van der Waals surface area contributed by atoms with E-state index >= 15 is 0 Å². The molecule has 1 heterocycles. The van der Waals surface area contributed by atoms with Gasteiger partial charge in [0.15, 0.2) is 5.78 Å². The average molecular weight is 180 g/mol. The van der Waals surface area contributed by atoms with Crippen LogP contribution in [0.2, 0.25) is 0 Å². The van der Waals surface area contributed by atoms with E-state index in [1.807, 2.05) is 6.92 Å². The molecule has 0 radical (unpaired) electrons. The molecule has 0 aromatic carbocycles. The summed E-state index contributed by atoms with van der Waals surface area (Å²) in [5, 5.41) is 0. The maximum Gasteiger partial charge on any atom is 0.176 e. The molecule has 0 fully saturated rings. The van der Waals surface area contributed by atoms with Crippen LogP contribution in [0.15, 0.2) is 0 Å². The number of carbonyl (C=O) groups excluding carboxylic acids is 1. The van der Waals surface area contributed by atoms with E-state index in [4.69, 9.17) is 0 Å². The molecule has 1 atom stereocenters. The first kappa shape index (κ1) is 7.99. The van der Waals surface area contributed by atoms with Gasteiger partial charge in [-0.2, -0.15) is 0 Å². The van der Waals surface area contributed by atoms with E-state index in [1.54, 1.807) is 11.3 Å². The summed E-state index contributed by atoms with van der Waals surface area (Å²) in [6.07, 6.45) is 0.963. The van der Waals surface area contributed by atoms with Crippen molar-refractivity contribution in [3.63, 3.8) is 0 Å². The molecule has 0 aliphatic heterocycles. The van der Waals surface area contributed by atoms with Crippen molar-refractivity contribution < 1.29 is 4.79 Å². The molecular formula is C10H12OS. The highest BCUT2D eigenvalue weighted by Gasteiger charge is 2.30. The Morgan fingerprint density at radius 3 is 2.67 bits per heavy atom. The maximum absolute atomic E-state index is 11.6. The topological polar surface area (TPSA) is 17.1 Å². The lowest BCUT2D eigenvalue weighted by Gasteiger charge is -1.97. The van der Waals surface area contributed by atoms with E-state index in [0.717, 1.165) is 11.3 Å². The van der Waals surface area contributed by atoms with Crippen molar-refractivity contribution in [2.24, 2.45) is 5.92 Å². The van der Waals surface area contributed by atoms with Crippen LogP contribution < -0.4 is 0 Å². The van der Waals surface area contributed by atoms with E-state index in [1.165, 1.54) is 16.0 Å². The van der Waals surface area contributed by atoms with E-state index in [9.17, 15) is 4.79 Å². The molecule has 0 bridgehead atoms. The van der Waals surface area contributed by atoms with Crippen LogP contribution in [-0.4, -0.2) is 5.78 Å². The zero-order chi connectivity index (χ0) is 8.88. The van der Waals surface area contributed by atoms with Gasteiger partial charge in [0.05, 0.1) is 4.88 Å². The summed E-state index contributed by atoms with van der Waals surface area (Å²) < 4.78 is 0. The van der Waals surface area contributed by atoms with Crippen molar-refractivity contribution in [2.75, 3.05) is 0 Å². The molecule has 2 heteroatoms. The van der Waals surface area contributed by atoms with Crippen LogP contribution >= 0.6 is 11.3 Å². The molecule has 0 N–H and O–H groups in total. The molecule has 64 valence electrons. The summed E-state index contributed by atoms with van der Waals surface area (Å²) in [5.74, 6) is 0.580. The van der Waals surface area contributed by atoms with E-state index < -0.39 is 0 Å². The summed E-state index contributed by atoms with van der Waals surface area (Å²) in [5.41, 5.74) is 2.66. The number of carbonyl (C=O) groups is 1. The molecule has 0 spiro atoms. The monoisotopic (exact) mass is 180 g/mol. The first-order valence-corrected chi connectivity index (χ1v) is 5.06. The van der Waals surface area contributed by atoms with Gasteiger partial charge in [0.2, 0.25) is 0 Å². The fourth-order valence-corrected chi connectivity index (χ4v) is 2.99. The van der Waals surface area contributed by atoms with Crippen LogP contribution in [0, 0.1) is 19.8 Å². The molecule has 0 amide bonds. The van der Waals surface area contributed by atoms with Crippen molar-refractivity contribution in [1.29, 1.82) is 0 Å². The molecule has 1 aliphatic rings. The fraction of sp³-hybridized carbons (Fsp3) is 0.500. The number of ketones is 1. The number of rotatable bonds is 0. The van der Waals surface area contributed by atoms with Gasteiger partial charge in [0.25, 0.3) is 0 Å². The molecule has 0 saturated carbocycles. The Morgan fingerprint density at radius 1 is 1.42 bits per heavy atom. The number of hydrogen-bond donors (Lipinski definition) is 0. The minimum Gasteiger partial charge on any atom is -0.293 e. The second-order valence-electron chi connectivity index (χ2n) is 3.56. The number of fused-ring (bicyclic) bond motifs is 1. The van der Waals surface area contributed by atoms with Crippen molar-refractivity contribution in [2.45, 2.75) is 27.2 Å². The highest BCUT2D eigenvalue weighted by atomic mass is 32.1. The van der Waals surface area contributed by atoms with E-state index in [2.05, 4.69) is 13.8 Å². The third-order valence-corrected chi connectivity index (χ3v) is 3.96. The second kappa shape index (κ2) is 2.43. The zero-order valence-electron chi connectivity index (χ0n) is 7.60. The summed E-state index contributed by atoms with van der Waals surface area (Å²) in [6.45, 7) is 6.23. The third-order valence-electron chi connectivity index (χ3n) is 2.69. The molecule has 12 heavy (non-hydrogen) atoms. The lowest BCUT2D eigenvalue weighted by atomic mass is 10.1. The smallest absolute Gasteiger partial charge is 0.176 e. The predicted molar refractivity (Wildman–Crippen MR) is 51.0 cm³/mol. The minimum atomic E-state index is 0.227. The molecule has 1 aromatic heterocycles. The van der Waals surface area contributed by atoms with Crippen LogP contribution in [-0.2, 0) is 6.42 Å². The van der Waals surface area contributed by atoms with Gasteiger partial charge in [0.1, 0.15) is 0 Å². The van der Waals surface area contributed by atoms with Gasteiger partial charge >= 0.3 is 0 Å². The quantitative estimate of drug-likeness (QED) is 0.600. The Kier molecular flexibility index (Phi) is 1.62. The summed E-state index contributed by atoms with van der Waals surface area (Å²) in [7, 11) is 0. The first-order valence-electron chi connectivity index (χ1n) is 4.24. The molecule has 1 aliphatic carbocycles. The number of aryl methyl sites for hydroxylation is 1. The van der Waals surface area contributed by atoms with Gasteiger partial charge in [-0.15, -0.1) is 11.3 Å². The summed E-state index contributed by atoms with van der Waals surface area (Å²) >= 11 is 1.67. The predicted octanol–water partition coefficient (Wildman–Crippen LogP) is 2.74. The molecule has 0 saturated heterocycles. The van der Waals surface area contributed by atoms with Crippen molar-refractivity contribution in [1.82, 2.24) is 0 Å². The molecule has 1 nitrogen and oxygen atoms in total. The standard InChI is InChI=1S/C10H12OS/c1-5-4-8-6(2)7(3)12-10(8)9(5)11/h5H,4H2,1-3H3. The maximum atomic E-state index is 11.6. The Hall–Kier alpha value is -0.630. The first-order chi connectivity index (χ1) is 5.61. The Balaban J connectivity index is 2.59. The van der Waals surface area contributed by atoms with Gasteiger partial charge in [0, 0.05) is 10.8 Å². The molecule has 2 rings (SSSR count). The summed E-state index contributed by atoms with van der Waals surface area (Å²) in [6, 6.07) is 0. The van der Waals surface area contributed by atoms with E-state index in [-0.39, 0.29) is 5.92 Å². The van der Waals surface area contributed by atoms with Crippen molar-refractivity contribution >= 4 is 17.1 Å². The Labute approximate surface area is 76.4 Å². The normalized spacial score (nSPS) is 21.6. The number of hydrogen-bond acceptors (Lipinski definition) is 2. The lowest BCUT2D eigenvalue weighted by molar-refractivity contribution is 0.0949. The molecule has 1 aromatic rings. The minimum absolute atomic E-state index is 0.227. The van der Waals surface area contributed by atoms with Crippen LogP contribution in [0.4, 0.5) is 0 Å². The number of thiophene rings is 1. The van der Waals surface area contributed by atoms with Gasteiger partial charge in [-0.3, -0.25) is 4.79 Å². The Bertz CT molecular complexity index is 349.